The summed E-state index contributed by atoms with van der Waals surface area (Å²) < 4.78 is 18.2. The largest absolute Gasteiger partial charge is 0.497 e. The van der Waals surface area contributed by atoms with Gasteiger partial charge in [0.25, 0.3) is 0 Å². The Morgan fingerprint density at radius 2 is 1.55 bits per heavy atom. The first-order chi connectivity index (χ1) is 17.7. The monoisotopic (exact) mass is 520 g/mol. The summed E-state index contributed by atoms with van der Waals surface area (Å²) in [7, 11) is 1.59. The van der Waals surface area contributed by atoms with Crippen molar-refractivity contribution in [2.24, 2.45) is 0 Å². The molecule has 1 aliphatic heterocycles. The van der Waals surface area contributed by atoms with Crippen LogP contribution in [0.1, 0.15) is 59.1 Å². The molecule has 0 aliphatic carbocycles. The van der Waals surface area contributed by atoms with E-state index >= 15 is 0 Å². The standard InChI is InChI=1S/C30H36N2O6/c1-28(2,3)37-26(34)30(17-25(33)32(30)18-20-12-14-22(36-7)15-13-20)16-21-19-31(27(35)38-29(4,5)6)24-11-9-8-10-23(21)24/h8-15,19H,16-18H2,1-7H3/t30-/m0/s1. The number of amides is 1. The first-order valence-corrected chi connectivity index (χ1v) is 12.7. The van der Waals surface area contributed by atoms with Crippen molar-refractivity contribution in [1.29, 1.82) is 0 Å². The van der Waals surface area contributed by atoms with Gasteiger partial charge in [-0.3, -0.25) is 9.36 Å². The van der Waals surface area contributed by atoms with E-state index in [0.717, 1.165) is 16.5 Å². The van der Waals surface area contributed by atoms with Gasteiger partial charge in [-0.05, 0) is 70.9 Å². The zero-order valence-electron chi connectivity index (χ0n) is 23.2. The Morgan fingerprint density at radius 1 is 0.921 bits per heavy atom. The minimum atomic E-state index is -1.22. The van der Waals surface area contributed by atoms with Gasteiger partial charge in [0.15, 0.2) is 5.54 Å². The molecular weight excluding hydrogens is 484 g/mol. The molecule has 1 amide bonds. The fourth-order valence-electron chi connectivity index (χ4n) is 4.70. The first kappa shape index (κ1) is 27.2. The highest BCUT2D eigenvalue weighted by Crippen LogP contribution is 2.41. The van der Waals surface area contributed by atoms with E-state index in [1.165, 1.54) is 4.57 Å². The van der Waals surface area contributed by atoms with E-state index < -0.39 is 28.8 Å². The van der Waals surface area contributed by atoms with Crippen molar-refractivity contribution < 1.29 is 28.6 Å². The van der Waals surface area contributed by atoms with Crippen molar-refractivity contribution in [3.05, 3.63) is 65.9 Å². The lowest BCUT2D eigenvalue weighted by Gasteiger charge is -2.50. The second kappa shape index (κ2) is 9.82. The maximum Gasteiger partial charge on any atom is 0.419 e. The van der Waals surface area contributed by atoms with Gasteiger partial charge in [-0.25, -0.2) is 9.59 Å². The number of fused-ring (bicyclic) bond motifs is 1. The number of aromatic nitrogens is 1. The van der Waals surface area contributed by atoms with Crippen LogP contribution in [0.5, 0.6) is 5.75 Å². The molecule has 38 heavy (non-hydrogen) atoms. The summed E-state index contributed by atoms with van der Waals surface area (Å²) >= 11 is 0. The lowest BCUT2D eigenvalue weighted by molar-refractivity contribution is -0.188. The molecule has 2 heterocycles. The number of carbonyl (C=O) groups excluding carboxylic acids is 3. The lowest BCUT2D eigenvalue weighted by atomic mass is 9.77. The molecule has 1 aliphatic rings. The second-order valence-corrected chi connectivity index (χ2v) is 11.7. The topological polar surface area (TPSA) is 87.1 Å². The predicted molar refractivity (Wildman–Crippen MR) is 144 cm³/mol. The van der Waals surface area contributed by atoms with Crippen molar-refractivity contribution in [3.8, 4) is 5.75 Å². The summed E-state index contributed by atoms with van der Waals surface area (Å²) in [6, 6.07) is 14.9. The molecule has 1 atom stereocenters. The fourth-order valence-corrected chi connectivity index (χ4v) is 4.70. The zero-order valence-corrected chi connectivity index (χ0v) is 23.2. The number of ether oxygens (including phenoxy) is 3. The average Bonchev–Trinajstić information content (AvgIpc) is 3.19. The van der Waals surface area contributed by atoms with Crippen LogP contribution < -0.4 is 4.74 Å². The van der Waals surface area contributed by atoms with Gasteiger partial charge in [-0.15, -0.1) is 0 Å². The predicted octanol–water partition coefficient (Wildman–Crippen LogP) is 5.49. The van der Waals surface area contributed by atoms with Crippen LogP contribution in [0.4, 0.5) is 4.79 Å². The van der Waals surface area contributed by atoms with Gasteiger partial charge in [0.05, 0.1) is 19.0 Å². The first-order valence-electron chi connectivity index (χ1n) is 12.7. The highest BCUT2D eigenvalue weighted by Gasteiger charge is 2.58. The van der Waals surface area contributed by atoms with E-state index in [4.69, 9.17) is 14.2 Å². The summed E-state index contributed by atoms with van der Waals surface area (Å²) in [5, 5.41) is 0.810. The van der Waals surface area contributed by atoms with Crippen molar-refractivity contribution >= 4 is 28.9 Å². The fraction of sp³-hybridized carbons (Fsp3) is 0.433. The van der Waals surface area contributed by atoms with Crippen LogP contribution in [-0.2, 0) is 32.0 Å². The minimum absolute atomic E-state index is 0.0179. The molecule has 4 rings (SSSR count). The second-order valence-electron chi connectivity index (χ2n) is 11.7. The van der Waals surface area contributed by atoms with Crippen molar-refractivity contribution in [3.63, 3.8) is 0 Å². The van der Waals surface area contributed by atoms with E-state index in [-0.39, 0.29) is 25.3 Å². The van der Waals surface area contributed by atoms with Gasteiger partial charge in [0.1, 0.15) is 17.0 Å². The van der Waals surface area contributed by atoms with Crippen LogP contribution in [-0.4, -0.2) is 51.3 Å². The van der Waals surface area contributed by atoms with Gasteiger partial charge in [0, 0.05) is 24.5 Å². The molecule has 0 unspecified atom stereocenters. The lowest BCUT2D eigenvalue weighted by Crippen LogP contribution is -2.69. The average molecular weight is 521 g/mol. The van der Waals surface area contributed by atoms with Crippen molar-refractivity contribution in [1.82, 2.24) is 9.47 Å². The van der Waals surface area contributed by atoms with E-state index in [9.17, 15) is 14.4 Å². The maximum absolute atomic E-state index is 13.7. The number of para-hydroxylation sites is 1. The van der Waals surface area contributed by atoms with Gasteiger partial charge < -0.3 is 19.1 Å². The number of rotatable bonds is 6. The molecule has 0 bridgehead atoms. The van der Waals surface area contributed by atoms with Gasteiger partial charge in [-0.1, -0.05) is 30.3 Å². The van der Waals surface area contributed by atoms with Crippen molar-refractivity contribution in [2.75, 3.05) is 7.11 Å². The molecule has 0 N–H and O–H groups in total. The number of benzene rings is 2. The van der Waals surface area contributed by atoms with Gasteiger partial charge in [0.2, 0.25) is 5.91 Å². The SMILES string of the molecule is COc1ccc(CN2C(=O)C[C@@]2(Cc2cn(C(=O)OC(C)(C)C)c3ccccc23)C(=O)OC(C)(C)C)cc1. The third-order valence-electron chi connectivity index (χ3n) is 6.41. The molecule has 8 nitrogen and oxygen atoms in total. The van der Waals surface area contributed by atoms with E-state index in [0.29, 0.717) is 11.3 Å². The van der Waals surface area contributed by atoms with E-state index in [1.807, 2.05) is 69.3 Å². The molecule has 1 fully saturated rings. The Morgan fingerprint density at radius 3 is 2.13 bits per heavy atom. The van der Waals surface area contributed by atoms with Crippen LogP contribution in [0, 0.1) is 0 Å². The molecular formula is C30H36N2O6. The van der Waals surface area contributed by atoms with Crippen LogP contribution in [0.15, 0.2) is 54.7 Å². The highest BCUT2D eigenvalue weighted by molar-refractivity contribution is 6.00. The number of methoxy groups -OCH3 is 1. The highest BCUT2D eigenvalue weighted by atomic mass is 16.6. The molecule has 202 valence electrons. The molecule has 0 saturated carbocycles. The molecule has 8 heteroatoms. The summed E-state index contributed by atoms with van der Waals surface area (Å²) in [5.41, 5.74) is -0.335. The Labute approximate surface area is 223 Å². The van der Waals surface area contributed by atoms with E-state index in [1.54, 1.807) is 39.0 Å². The Hall–Kier alpha value is -3.81. The molecule has 2 aromatic carbocycles. The Balaban J connectivity index is 1.75. The minimum Gasteiger partial charge on any atom is -0.497 e. The summed E-state index contributed by atoms with van der Waals surface area (Å²) in [6.07, 6.45) is 1.41. The summed E-state index contributed by atoms with van der Waals surface area (Å²) in [4.78, 5) is 41.4. The number of carbonyl (C=O) groups is 3. The number of β-lactam (4-membered cyclic amide) rings is 1. The number of esters is 1. The number of nitrogens with zero attached hydrogens (tertiary/aromatic N) is 2. The molecule has 1 aromatic heterocycles. The molecule has 3 aromatic rings. The number of hydrogen-bond acceptors (Lipinski definition) is 6. The number of likely N-dealkylation sites (tertiary alicyclic amines) is 1. The van der Waals surface area contributed by atoms with Crippen LogP contribution in [0.25, 0.3) is 10.9 Å². The zero-order chi connectivity index (χ0) is 27.9. The third-order valence-corrected chi connectivity index (χ3v) is 6.41. The van der Waals surface area contributed by atoms with Gasteiger partial charge in [-0.2, -0.15) is 0 Å². The molecule has 0 radical (unpaired) electrons. The van der Waals surface area contributed by atoms with Crippen LogP contribution in [0.2, 0.25) is 0 Å². The normalized spacial score (nSPS) is 17.8. The third kappa shape index (κ3) is 5.54. The molecule has 0 spiro atoms. The van der Waals surface area contributed by atoms with Crippen LogP contribution in [0.3, 0.4) is 0 Å². The summed E-state index contributed by atoms with van der Waals surface area (Å²) in [6.45, 7) is 11.1. The maximum atomic E-state index is 13.7. The van der Waals surface area contributed by atoms with Crippen molar-refractivity contribution in [2.45, 2.75) is 77.7 Å². The van der Waals surface area contributed by atoms with Gasteiger partial charge >= 0.3 is 12.1 Å². The Kier molecular flexibility index (Phi) is 7.03. The quantitative estimate of drug-likeness (QED) is 0.316. The summed E-state index contributed by atoms with van der Waals surface area (Å²) in [5.74, 6) is 0.104. The smallest absolute Gasteiger partial charge is 0.419 e. The Bertz CT molecular complexity index is 1360. The molecule has 1 saturated heterocycles. The van der Waals surface area contributed by atoms with E-state index in [2.05, 4.69) is 0 Å². The van der Waals surface area contributed by atoms with Crippen LogP contribution >= 0.6 is 0 Å². The number of hydrogen-bond donors (Lipinski definition) is 0.